The second-order valence-electron chi connectivity index (χ2n) is 2.83. The lowest BCUT2D eigenvalue weighted by Gasteiger charge is -1.99. The van der Waals surface area contributed by atoms with Crippen LogP contribution in [-0.2, 0) is 0 Å². The van der Waals surface area contributed by atoms with Crippen LogP contribution >= 0.6 is 22.9 Å². The average Bonchev–Trinajstić information content (AvgIpc) is 2.48. The first-order valence-corrected chi connectivity index (χ1v) is 5.05. The van der Waals surface area contributed by atoms with Gasteiger partial charge in [0, 0.05) is 21.2 Å². The molecule has 0 atom stereocenters. The number of anilines is 1. The van der Waals surface area contributed by atoms with Gasteiger partial charge in [0.05, 0.1) is 10.6 Å². The number of aromatic carboxylic acids is 1. The summed E-state index contributed by atoms with van der Waals surface area (Å²) in [5.41, 5.74) is 6.30. The molecule has 0 spiro atoms. The van der Waals surface area contributed by atoms with E-state index in [1.165, 1.54) is 17.4 Å². The molecule has 1 aromatic carbocycles. The van der Waals surface area contributed by atoms with E-state index >= 15 is 0 Å². The molecule has 0 radical (unpaired) electrons. The number of carbonyl (C=O) groups is 1. The number of hydrogen-bond acceptors (Lipinski definition) is 3. The number of nitrogens with two attached hydrogens (primary N) is 1. The van der Waals surface area contributed by atoms with Crippen molar-refractivity contribution < 1.29 is 9.90 Å². The van der Waals surface area contributed by atoms with Crippen LogP contribution < -0.4 is 5.73 Å². The molecule has 3 N–H and O–H groups in total. The minimum absolute atomic E-state index is 0.188. The molecule has 0 bridgehead atoms. The molecule has 1 aromatic heterocycles. The summed E-state index contributed by atoms with van der Waals surface area (Å²) in [6.07, 6.45) is 0. The van der Waals surface area contributed by atoms with Gasteiger partial charge in [-0.05, 0) is 12.1 Å². The van der Waals surface area contributed by atoms with E-state index in [0.717, 1.165) is 10.1 Å². The highest BCUT2D eigenvalue weighted by Gasteiger charge is 2.10. The van der Waals surface area contributed by atoms with Crippen LogP contribution in [0.15, 0.2) is 17.5 Å². The number of rotatable bonds is 1. The highest BCUT2D eigenvalue weighted by Crippen LogP contribution is 2.35. The van der Waals surface area contributed by atoms with Gasteiger partial charge in [0.1, 0.15) is 0 Å². The van der Waals surface area contributed by atoms with Crippen LogP contribution in [0.3, 0.4) is 0 Å². The van der Waals surface area contributed by atoms with E-state index in [2.05, 4.69) is 0 Å². The predicted octanol–water partition coefficient (Wildman–Crippen LogP) is 2.84. The van der Waals surface area contributed by atoms with Crippen molar-refractivity contribution >= 4 is 44.7 Å². The topological polar surface area (TPSA) is 63.3 Å². The largest absolute Gasteiger partial charge is 0.478 e. The van der Waals surface area contributed by atoms with E-state index < -0.39 is 5.97 Å². The number of nitrogen functional groups attached to an aromatic ring is 1. The maximum Gasteiger partial charge on any atom is 0.335 e. The van der Waals surface area contributed by atoms with Gasteiger partial charge in [-0.25, -0.2) is 4.79 Å². The number of fused-ring (bicyclic) bond motifs is 1. The fraction of sp³-hybridized carbons (Fsp3) is 0. The molecule has 3 nitrogen and oxygen atoms in total. The smallest absolute Gasteiger partial charge is 0.335 e. The van der Waals surface area contributed by atoms with Crippen molar-refractivity contribution in [3.63, 3.8) is 0 Å². The molecular weight excluding hydrogens is 222 g/mol. The highest BCUT2D eigenvalue weighted by atomic mass is 35.5. The number of hydrogen-bond donors (Lipinski definition) is 2. The van der Waals surface area contributed by atoms with Crippen molar-refractivity contribution in [2.45, 2.75) is 0 Å². The first-order valence-electron chi connectivity index (χ1n) is 3.79. The summed E-state index contributed by atoms with van der Waals surface area (Å²) in [6, 6.07) is 2.99. The molecule has 72 valence electrons. The molecule has 0 amide bonds. The average molecular weight is 228 g/mol. The summed E-state index contributed by atoms with van der Waals surface area (Å²) in [5.74, 6) is -0.983. The van der Waals surface area contributed by atoms with E-state index in [0.29, 0.717) is 10.7 Å². The predicted molar refractivity (Wildman–Crippen MR) is 58.2 cm³/mol. The Hall–Kier alpha value is -1.26. The summed E-state index contributed by atoms with van der Waals surface area (Å²) in [4.78, 5) is 10.7. The number of thiophene rings is 1. The monoisotopic (exact) mass is 227 g/mol. The van der Waals surface area contributed by atoms with Crippen LogP contribution in [0, 0.1) is 0 Å². The van der Waals surface area contributed by atoms with Gasteiger partial charge in [-0.3, -0.25) is 0 Å². The molecule has 0 saturated heterocycles. The Balaban J connectivity index is 2.80. The SMILES string of the molecule is Nc1cc(C(=O)O)cc2scc(Cl)c12. The van der Waals surface area contributed by atoms with Crippen LogP contribution in [0.4, 0.5) is 5.69 Å². The van der Waals surface area contributed by atoms with Gasteiger partial charge in [0.25, 0.3) is 0 Å². The third-order valence-corrected chi connectivity index (χ3v) is 3.26. The molecule has 5 heteroatoms. The Bertz CT molecular complexity index is 521. The van der Waals surface area contributed by atoms with Gasteiger partial charge in [-0.1, -0.05) is 11.6 Å². The van der Waals surface area contributed by atoms with Crippen LogP contribution in [0.2, 0.25) is 5.02 Å². The Morgan fingerprint density at radius 1 is 1.50 bits per heavy atom. The summed E-state index contributed by atoms with van der Waals surface area (Å²) in [6.45, 7) is 0. The summed E-state index contributed by atoms with van der Waals surface area (Å²) in [7, 11) is 0. The van der Waals surface area contributed by atoms with Crippen molar-refractivity contribution in [1.82, 2.24) is 0 Å². The molecule has 2 aromatic rings. The first kappa shape index (κ1) is 9.30. The molecule has 0 aliphatic rings. The molecule has 0 saturated carbocycles. The number of benzene rings is 1. The Labute approximate surface area is 88.7 Å². The third-order valence-electron chi connectivity index (χ3n) is 1.91. The van der Waals surface area contributed by atoms with Gasteiger partial charge >= 0.3 is 5.97 Å². The molecule has 0 aliphatic carbocycles. The van der Waals surface area contributed by atoms with Crippen LogP contribution in [0.25, 0.3) is 10.1 Å². The first-order chi connectivity index (χ1) is 6.59. The highest BCUT2D eigenvalue weighted by molar-refractivity contribution is 7.18. The summed E-state index contributed by atoms with van der Waals surface area (Å²) in [5, 5.41) is 11.8. The Morgan fingerprint density at radius 3 is 2.86 bits per heavy atom. The van der Waals surface area contributed by atoms with E-state index in [1.54, 1.807) is 11.4 Å². The van der Waals surface area contributed by atoms with Gasteiger partial charge in [-0.2, -0.15) is 0 Å². The maximum atomic E-state index is 10.7. The van der Waals surface area contributed by atoms with E-state index in [4.69, 9.17) is 22.4 Å². The number of carboxylic acids is 1. The zero-order valence-corrected chi connectivity index (χ0v) is 8.52. The minimum atomic E-state index is -0.983. The second kappa shape index (κ2) is 3.15. The Kier molecular flexibility index (Phi) is 2.09. The van der Waals surface area contributed by atoms with Crippen molar-refractivity contribution in [2.75, 3.05) is 5.73 Å². The van der Waals surface area contributed by atoms with E-state index in [-0.39, 0.29) is 5.56 Å². The van der Waals surface area contributed by atoms with Crippen molar-refractivity contribution in [1.29, 1.82) is 0 Å². The molecule has 0 fully saturated rings. The molecule has 0 unspecified atom stereocenters. The minimum Gasteiger partial charge on any atom is -0.478 e. The third kappa shape index (κ3) is 1.32. The van der Waals surface area contributed by atoms with Gasteiger partial charge in [0.15, 0.2) is 0 Å². The fourth-order valence-electron chi connectivity index (χ4n) is 1.28. The van der Waals surface area contributed by atoms with Gasteiger partial charge < -0.3 is 10.8 Å². The lowest BCUT2D eigenvalue weighted by molar-refractivity contribution is 0.0697. The van der Waals surface area contributed by atoms with E-state index in [1.807, 2.05) is 0 Å². The van der Waals surface area contributed by atoms with Crippen LogP contribution in [-0.4, -0.2) is 11.1 Å². The second-order valence-corrected chi connectivity index (χ2v) is 4.15. The van der Waals surface area contributed by atoms with E-state index in [9.17, 15) is 4.79 Å². The van der Waals surface area contributed by atoms with Crippen LogP contribution in [0.5, 0.6) is 0 Å². The zero-order valence-electron chi connectivity index (χ0n) is 6.95. The molecule has 2 rings (SSSR count). The molecule has 14 heavy (non-hydrogen) atoms. The van der Waals surface area contributed by atoms with Crippen molar-refractivity contribution in [3.8, 4) is 0 Å². The van der Waals surface area contributed by atoms with Gasteiger partial charge in [0.2, 0.25) is 0 Å². The standard InChI is InChI=1S/C9H6ClNO2S/c10-5-3-14-7-2-4(9(12)13)1-6(11)8(5)7/h1-3H,11H2,(H,12,13). The van der Waals surface area contributed by atoms with Crippen LogP contribution in [0.1, 0.15) is 10.4 Å². The fourth-order valence-corrected chi connectivity index (χ4v) is 2.57. The lowest BCUT2D eigenvalue weighted by Crippen LogP contribution is -1.97. The normalized spacial score (nSPS) is 10.6. The lowest BCUT2D eigenvalue weighted by atomic mass is 10.1. The van der Waals surface area contributed by atoms with Gasteiger partial charge in [-0.15, -0.1) is 11.3 Å². The number of halogens is 1. The summed E-state index contributed by atoms with van der Waals surface area (Å²) < 4.78 is 0.799. The molecular formula is C9H6ClNO2S. The zero-order chi connectivity index (χ0) is 10.3. The summed E-state index contributed by atoms with van der Waals surface area (Å²) >= 11 is 7.28. The number of carboxylic acid groups (broad SMARTS) is 1. The molecule has 0 aliphatic heterocycles. The maximum absolute atomic E-state index is 10.7. The quantitative estimate of drug-likeness (QED) is 0.737. The Morgan fingerprint density at radius 2 is 2.21 bits per heavy atom. The van der Waals surface area contributed by atoms with Crippen molar-refractivity contribution in [3.05, 3.63) is 28.1 Å². The van der Waals surface area contributed by atoms with Crippen molar-refractivity contribution in [2.24, 2.45) is 0 Å². The molecule has 1 heterocycles.